The van der Waals surface area contributed by atoms with Crippen molar-refractivity contribution in [2.24, 2.45) is 0 Å². The van der Waals surface area contributed by atoms with Crippen LogP contribution in [0.25, 0.3) is 11.6 Å². The van der Waals surface area contributed by atoms with Crippen LogP contribution in [0.1, 0.15) is 43.0 Å². The van der Waals surface area contributed by atoms with E-state index in [1.54, 1.807) is 0 Å². The van der Waals surface area contributed by atoms with Crippen molar-refractivity contribution in [2.75, 3.05) is 0 Å². The minimum absolute atomic E-state index is 0.506. The largest absolute Gasteiger partial charge is 0.348 e. The second kappa shape index (κ2) is 4.49. The number of fused-ring (bicyclic) bond motifs is 1. The van der Waals surface area contributed by atoms with Gasteiger partial charge in [0.2, 0.25) is 0 Å². The number of allylic oxidation sites excluding steroid dienone is 1. The lowest BCUT2D eigenvalue weighted by atomic mass is 9.96. The Morgan fingerprint density at radius 2 is 1.94 bits per heavy atom. The summed E-state index contributed by atoms with van der Waals surface area (Å²) < 4.78 is 2.37. The quantitative estimate of drug-likeness (QED) is 0.737. The first-order valence-electron chi connectivity index (χ1n) is 6.77. The molecule has 1 unspecified atom stereocenters. The number of rotatable bonds is 3. The van der Waals surface area contributed by atoms with Crippen molar-refractivity contribution in [3.63, 3.8) is 0 Å². The van der Waals surface area contributed by atoms with Crippen LogP contribution < -0.4 is 0 Å². The monoisotopic (exact) mass is 237 g/mol. The molecule has 92 valence electrons. The molecule has 0 radical (unpaired) electrons. The number of nitrogens with zero attached hydrogens (tertiary/aromatic N) is 1. The van der Waals surface area contributed by atoms with E-state index in [0.29, 0.717) is 5.92 Å². The second-order valence-corrected chi connectivity index (χ2v) is 5.04. The molecule has 0 saturated carbocycles. The SMILES string of the molecule is CCCn1cccc1C1=Cc2ccccc2C1C. The third kappa shape index (κ3) is 1.71. The van der Waals surface area contributed by atoms with Crippen molar-refractivity contribution in [2.45, 2.75) is 32.7 Å². The first-order chi connectivity index (χ1) is 8.81. The van der Waals surface area contributed by atoms with Gasteiger partial charge in [-0.25, -0.2) is 0 Å². The van der Waals surface area contributed by atoms with Gasteiger partial charge in [0, 0.05) is 24.4 Å². The lowest BCUT2D eigenvalue weighted by Crippen LogP contribution is -2.02. The van der Waals surface area contributed by atoms with E-state index in [2.05, 4.69) is 67.1 Å². The van der Waals surface area contributed by atoms with Gasteiger partial charge in [-0.2, -0.15) is 0 Å². The summed E-state index contributed by atoms with van der Waals surface area (Å²) >= 11 is 0. The molecule has 0 bridgehead atoms. The number of aromatic nitrogens is 1. The fraction of sp³-hybridized carbons (Fsp3) is 0.294. The Labute approximate surface area is 109 Å². The maximum atomic E-state index is 2.37. The second-order valence-electron chi connectivity index (χ2n) is 5.04. The van der Waals surface area contributed by atoms with Gasteiger partial charge in [0.05, 0.1) is 0 Å². The maximum Gasteiger partial charge on any atom is 0.0445 e. The van der Waals surface area contributed by atoms with Crippen molar-refractivity contribution in [3.8, 4) is 0 Å². The van der Waals surface area contributed by atoms with Crippen molar-refractivity contribution in [1.29, 1.82) is 0 Å². The molecule has 0 saturated heterocycles. The molecular formula is C17H19N. The van der Waals surface area contributed by atoms with Crippen molar-refractivity contribution in [3.05, 3.63) is 59.4 Å². The molecule has 1 aromatic carbocycles. The summed E-state index contributed by atoms with van der Waals surface area (Å²) in [5, 5.41) is 0. The Morgan fingerprint density at radius 1 is 1.11 bits per heavy atom. The predicted octanol–water partition coefficient (Wildman–Crippen LogP) is 4.56. The average molecular weight is 237 g/mol. The fourth-order valence-corrected chi connectivity index (χ4v) is 2.90. The molecule has 1 heterocycles. The van der Waals surface area contributed by atoms with E-state index in [9.17, 15) is 0 Å². The highest BCUT2D eigenvalue weighted by atomic mass is 15.0. The molecule has 3 rings (SSSR count). The van der Waals surface area contributed by atoms with Crippen LogP contribution in [0.4, 0.5) is 0 Å². The molecule has 0 N–H and O–H groups in total. The van der Waals surface area contributed by atoms with E-state index in [1.165, 1.54) is 28.8 Å². The van der Waals surface area contributed by atoms with Gasteiger partial charge < -0.3 is 4.57 Å². The molecule has 0 fully saturated rings. The third-order valence-corrected chi connectivity index (χ3v) is 3.83. The summed E-state index contributed by atoms with van der Waals surface area (Å²) in [5.74, 6) is 0.506. The Kier molecular flexibility index (Phi) is 2.83. The Hall–Kier alpha value is -1.76. The van der Waals surface area contributed by atoms with Gasteiger partial charge in [0.25, 0.3) is 0 Å². The minimum Gasteiger partial charge on any atom is -0.348 e. The predicted molar refractivity (Wildman–Crippen MR) is 77.5 cm³/mol. The summed E-state index contributed by atoms with van der Waals surface area (Å²) in [5.41, 5.74) is 5.66. The molecule has 1 heteroatoms. The highest BCUT2D eigenvalue weighted by Crippen LogP contribution is 2.41. The van der Waals surface area contributed by atoms with Gasteiger partial charge >= 0.3 is 0 Å². The number of aryl methyl sites for hydroxylation is 1. The number of hydrogen-bond donors (Lipinski definition) is 0. The average Bonchev–Trinajstić information content (AvgIpc) is 2.96. The van der Waals surface area contributed by atoms with Crippen LogP contribution in [0, 0.1) is 0 Å². The fourth-order valence-electron chi connectivity index (χ4n) is 2.90. The van der Waals surface area contributed by atoms with Crippen molar-refractivity contribution >= 4 is 11.6 Å². The zero-order valence-corrected chi connectivity index (χ0v) is 11.1. The van der Waals surface area contributed by atoms with Crippen LogP contribution in [-0.4, -0.2) is 4.57 Å². The Bertz CT molecular complexity index is 589. The van der Waals surface area contributed by atoms with Crippen LogP contribution >= 0.6 is 0 Å². The van der Waals surface area contributed by atoms with Gasteiger partial charge in [-0.15, -0.1) is 0 Å². The molecular weight excluding hydrogens is 218 g/mol. The third-order valence-electron chi connectivity index (χ3n) is 3.83. The van der Waals surface area contributed by atoms with Gasteiger partial charge in [-0.05, 0) is 41.3 Å². The zero-order chi connectivity index (χ0) is 12.5. The normalized spacial score (nSPS) is 17.7. The lowest BCUT2D eigenvalue weighted by Gasteiger charge is -2.14. The number of hydrogen-bond acceptors (Lipinski definition) is 0. The lowest BCUT2D eigenvalue weighted by molar-refractivity contribution is 0.673. The van der Waals surface area contributed by atoms with Gasteiger partial charge in [-0.1, -0.05) is 38.1 Å². The van der Waals surface area contributed by atoms with Gasteiger partial charge in [0.1, 0.15) is 0 Å². The molecule has 0 amide bonds. The summed E-state index contributed by atoms with van der Waals surface area (Å²) in [7, 11) is 0. The molecule has 1 aliphatic rings. The standard InChI is InChI=1S/C17H19N/c1-3-10-18-11-6-9-17(18)16-12-14-7-4-5-8-15(14)13(16)2/h4-9,11-13H,3,10H2,1-2H3. The molecule has 0 spiro atoms. The van der Waals surface area contributed by atoms with E-state index in [0.717, 1.165) is 6.54 Å². The van der Waals surface area contributed by atoms with Crippen LogP contribution in [0.2, 0.25) is 0 Å². The first-order valence-corrected chi connectivity index (χ1v) is 6.77. The Morgan fingerprint density at radius 3 is 2.72 bits per heavy atom. The van der Waals surface area contributed by atoms with E-state index in [-0.39, 0.29) is 0 Å². The Balaban J connectivity index is 2.02. The van der Waals surface area contributed by atoms with Crippen LogP contribution in [0.5, 0.6) is 0 Å². The summed E-state index contributed by atoms with van der Waals surface area (Å²) in [4.78, 5) is 0. The smallest absolute Gasteiger partial charge is 0.0445 e. The van der Waals surface area contributed by atoms with E-state index >= 15 is 0 Å². The summed E-state index contributed by atoms with van der Waals surface area (Å²) in [6.07, 6.45) is 5.72. The molecule has 18 heavy (non-hydrogen) atoms. The van der Waals surface area contributed by atoms with Crippen LogP contribution in [0.3, 0.4) is 0 Å². The molecule has 1 atom stereocenters. The van der Waals surface area contributed by atoms with E-state index in [4.69, 9.17) is 0 Å². The zero-order valence-electron chi connectivity index (χ0n) is 11.1. The van der Waals surface area contributed by atoms with E-state index < -0.39 is 0 Å². The molecule has 1 aromatic heterocycles. The van der Waals surface area contributed by atoms with E-state index in [1.807, 2.05) is 0 Å². The molecule has 1 aliphatic carbocycles. The summed E-state index contributed by atoms with van der Waals surface area (Å²) in [6, 6.07) is 13.1. The maximum absolute atomic E-state index is 2.37. The minimum atomic E-state index is 0.506. The van der Waals surface area contributed by atoms with Gasteiger partial charge in [0.15, 0.2) is 0 Å². The molecule has 1 nitrogen and oxygen atoms in total. The number of benzene rings is 1. The van der Waals surface area contributed by atoms with Crippen molar-refractivity contribution < 1.29 is 0 Å². The topological polar surface area (TPSA) is 4.93 Å². The highest BCUT2D eigenvalue weighted by Gasteiger charge is 2.23. The molecule has 2 aromatic rings. The van der Waals surface area contributed by atoms with Crippen LogP contribution in [-0.2, 0) is 6.54 Å². The molecule has 0 aliphatic heterocycles. The van der Waals surface area contributed by atoms with Crippen LogP contribution in [0.15, 0.2) is 42.6 Å². The van der Waals surface area contributed by atoms with Crippen molar-refractivity contribution in [1.82, 2.24) is 4.57 Å². The first kappa shape index (κ1) is 11.3. The summed E-state index contributed by atoms with van der Waals surface area (Å²) in [6.45, 7) is 5.63. The van der Waals surface area contributed by atoms with Gasteiger partial charge in [-0.3, -0.25) is 0 Å². The highest BCUT2D eigenvalue weighted by molar-refractivity contribution is 5.90.